The maximum absolute atomic E-state index is 5.55. The van der Waals surface area contributed by atoms with Crippen LogP contribution >= 0.6 is 0 Å². The highest BCUT2D eigenvalue weighted by molar-refractivity contribution is 5.79. The smallest absolute Gasteiger partial charge is 0.191 e. The topological polar surface area (TPSA) is 76.6 Å². The number of nitrogens with one attached hydrogen (secondary N) is 2. The van der Waals surface area contributed by atoms with Crippen LogP contribution in [0.5, 0.6) is 11.5 Å². The Kier molecular flexibility index (Phi) is 10.6. The second-order valence-electron chi connectivity index (χ2n) is 6.62. The van der Waals surface area contributed by atoms with E-state index < -0.39 is 0 Å². The Labute approximate surface area is 174 Å². The summed E-state index contributed by atoms with van der Waals surface area (Å²) in [6.07, 6.45) is 0. The Hall–Kier alpha value is -2.03. The van der Waals surface area contributed by atoms with Crippen molar-refractivity contribution in [3.63, 3.8) is 0 Å². The molecule has 8 heteroatoms. The van der Waals surface area contributed by atoms with E-state index in [0.29, 0.717) is 19.8 Å². The second-order valence-corrected chi connectivity index (χ2v) is 6.62. The Balaban J connectivity index is 2.18. The highest BCUT2D eigenvalue weighted by atomic mass is 16.5. The molecule has 1 heterocycles. The monoisotopic (exact) mass is 408 g/mol. The van der Waals surface area contributed by atoms with Gasteiger partial charge in [-0.2, -0.15) is 0 Å². The lowest BCUT2D eigenvalue weighted by Gasteiger charge is -2.34. The minimum Gasteiger partial charge on any atom is -0.493 e. The van der Waals surface area contributed by atoms with Gasteiger partial charge in [0.05, 0.1) is 46.6 Å². The molecule has 1 aliphatic heterocycles. The Morgan fingerprint density at radius 2 is 1.90 bits per heavy atom. The summed E-state index contributed by atoms with van der Waals surface area (Å²) in [7, 11) is 3.31. The number of aliphatic imine (C=N–C) groups is 1. The number of ether oxygens (including phenoxy) is 4. The molecular formula is C21H36N4O4. The van der Waals surface area contributed by atoms with Crippen LogP contribution in [0.1, 0.15) is 25.5 Å². The molecule has 2 rings (SSSR count). The Morgan fingerprint density at radius 1 is 1.14 bits per heavy atom. The standard InChI is InChI=1S/C21H36N4O4/c1-5-22-21(23-9-12-28-6-2)24-16-18(25-10-13-29-14-11-25)17-7-8-19(26-3)20(15-17)27-4/h7-8,15,18H,5-6,9-14,16H2,1-4H3,(H2,22,23,24). The fourth-order valence-electron chi connectivity index (χ4n) is 3.29. The van der Waals surface area contributed by atoms with E-state index in [1.54, 1.807) is 14.2 Å². The van der Waals surface area contributed by atoms with Crippen LogP contribution in [0, 0.1) is 0 Å². The zero-order valence-corrected chi connectivity index (χ0v) is 18.2. The quantitative estimate of drug-likeness (QED) is 0.328. The molecule has 1 unspecified atom stereocenters. The van der Waals surface area contributed by atoms with Crippen LogP contribution in [0.25, 0.3) is 0 Å². The molecule has 0 aliphatic carbocycles. The lowest BCUT2D eigenvalue weighted by molar-refractivity contribution is 0.0179. The fourth-order valence-corrected chi connectivity index (χ4v) is 3.29. The van der Waals surface area contributed by atoms with E-state index in [-0.39, 0.29) is 6.04 Å². The maximum atomic E-state index is 5.55. The lowest BCUT2D eigenvalue weighted by Crippen LogP contribution is -2.42. The van der Waals surface area contributed by atoms with Gasteiger partial charge in [0.25, 0.3) is 0 Å². The third kappa shape index (κ3) is 7.38. The molecule has 0 amide bonds. The zero-order chi connectivity index (χ0) is 20.9. The van der Waals surface area contributed by atoms with Crippen molar-refractivity contribution in [2.45, 2.75) is 19.9 Å². The average molecular weight is 409 g/mol. The summed E-state index contributed by atoms with van der Waals surface area (Å²) in [5.74, 6) is 2.26. The first-order chi connectivity index (χ1) is 14.2. The van der Waals surface area contributed by atoms with Gasteiger partial charge in [-0.05, 0) is 31.5 Å². The SMILES string of the molecule is CCNC(=NCC(c1ccc(OC)c(OC)c1)N1CCOCC1)NCCOCC. The Bertz CT molecular complexity index is 621. The summed E-state index contributed by atoms with van der Waals surface area (Å²) in [5.41, 5.74) is 1.15. The van der Waals surface area contributed by atoms with Crippen molar-refractivity contribution >= 4 is 5.96 Å². The van der Waals surface area contributed by atoms with E-state index >= 15 is 0 Å². The number of hydrogen-bond donors (Lipinski definition) is 2. The van der Waals surface area contributed by atoms with E-state index in [1.165, 1.54) is 0 Å². The number of nitrogens with zero attached hydrogens (tertiary/aromatic N) is 2. The summed E-state index contributed by atoms with van der Waals surface area (Å²) < 4.78 is 21.9. The van der Waals surface area contributed by atoms with Crippen LogP contribution in [0.3, 0.4) is 0 Å². The van der Waals surface area contributed by atoms with Crippen LogP contribution in [0.15, 0.2) is 23.2 Å². The number of rotatable bonds is 11. The number of benzene rings is 1. The first-order valence-corrected chi connectivity index (χ1v) is 10.4. The molecule has 0 aromatic heterocycles. The average Bonchev–Trinajstić information content (AvgIpc) is 2.77. The molecule has 0 spiro atoms. The van der Waals surface area contributed by atoms with Crippen molar-refractivity contribution in [3.8, 4) is 11.5 Å². The number of methoxy groups -OCH3 is 2. The van der Waals surface area contributed by atoms with E-state index in [2.05, 4.69) is 28.5 Å². The summed E-state index contributed by atoms with van der Waals surface area (Å²) >= 11 is 0. The molecule has 1 atom stereocenters. The van der Waals surface area contributed by atoms with Crippen molar-refractivity contribution in [2.75, 3.05) is 73.4 Å². The molecule has 0 saturated carbocycles. The number of hydrogen-bond acceptors (Lipinski definition) is 6. The highest BCUT2D eigenvalue weighted by Gasteiger charge is 2.24. The van der Waals surface area contributed by atoms with Crippen molar-refractivity contribution in [1.29, 1.82) is 0 Å². The van der Waals surface area contributed by atoms with Crippen molar-refractivity contribution in [3.05, 3.63) is 23.8 Å². The number of guanidine groups is 1. The van der Waals surface area contributed by atoms with Crippen molar-refractivity contribution in [2.24, 2.45) is 4.99 Å². The first-order valence-electron chi connectivity index (χ1n) is 10.4. The third-order valence-corrected chi connectivity index (χ3v) is 4.79. The molecular weight excluding hydrogens is 372 g/mol. The first kappa shape index (κ1) is 23.3. The second kappa shape index (κ2) is 13.2. The molecule has 0 radical (unpaired) electrons. The van der Waals surface area contributed by atoms with E-state index in [9.17, 15) is 0 Å². The maximum Gasteiger partial charge on any atom is 0.191 e. The molecule has 2 N–H and O–H groups in total. The van der Waals surface area contributed by atoms with E-state index in [0.717, 1.165) is 62.4 Å². The van der Waals surface area contributed by atoms with Gasteiger partial charge in [0, 0.05) is 32.8 Å². The van der Waals surface area contributed by atoms with Crippen molar-refractivity contribution in [1.82, 2.24) is 15.5 Å². The molecule has 164 valence electrons. The van der Waals surface area contributed by atoms with Gasteiger partial charge in [0.2, 0.25) is 0 Å². The number of morpholine rings is 1. The minimum atomic E-state index is 0.126. The van der Waals surface area contributed by atoms with Crippen LogP contribution < -0.4 is 20.1 Å². The predicted molar refractivity (Wildman–Crippen MR) is 115 cm³/mol. The molecule has 29 heavy (non-hydrogen) atoms. The molecule has 1 aliphatic rings. The predicted octanol–water partition coefficient (Wildman–Crippen LogP) is 1.67. The van der Waals surface area contributed by atoms with Gasteiger partial charge in [-0.15, -0.1) is 0 Å². The van der Waals surface area contributed by atoms with Gasteiger partial charge in [0.15, 0.2) is 17.5 Å². The van der Waals surface area contributed by atoms with E-state index in [4.69, 9.17) is 23.9 Å². The molecule has 8 nitrogen and oxygen atoms in total. The van der Waals surface area contributed by atoms with Gasteiger partial charge in [0.1, 0.15) is 0 Å². The van der Waals surface area contributed by atoms with Crippen LogP contribution in [-0.4, -0.2) is 84.2 Å². The summed E-state index contributed by atoms with van der Waals surface area (Å²) in [6, 6.07) is 6.22. The normalized spacial score (nSPS) is 16.3. The largest absolute Gasteiger partial charge is 0.493 e. The molecule has 1 saturated heterocycles. The Morgan fingerprint density at radius 3 is 2.55 bits per heavy atom. The minimum absolute atomic E-state index is 0.126. The molecule has 1 aromatic rings. The van der Waals surface area contributed by atoms with Gasteiger partial charge < -0.3 is 29.6 Å². The summed E-state index contributed by atoms with van der Waals surface area (Å²) in [4.78, 5) is 7.26. The molecule has 1 aromatic carbocycles. The van der Waals surface area contributed by atoms with Crippen LogP contribution in [0.4, 0.5) is 0 Å². The zero-order valence-electron chi connectivity index (χ0n) is 18.2. The van der Waals surface area contributed by atoms with Crippen LogP contribution in [0.2, 0.25) is 0 Å². The fraction of sp³-hybridized carbons (Fsp3) is 0.667. The highest BCUT2D eigenvalue weighted by Crippen LogP contribution is 2.32. The third-order valence-electron chi connectivity index (χ3n) is 4.79. The van der Waals surface area contributed by atoms with Gasteiger partial charge in [-0.1, -0.05) is 6.07 Å². The lowest BCUT2D eigenvalue weighted by atomic mass is 10.0. The summed E-state index contributed by atoms with van der Waals surface area (Å²) in [6.45, 7) is 10.8. The van der Waals surface area contributed by atoms with Crippen LogP contribution in [-0.2, 0) is 9.47 Å². The van der Waals surface area contributed by atoms with Gasteiger partial charge in [-0.25, -0.2) is 0 Å². The van der Waals surface area contributed by atoms with E-state index in [1.807, 2.05) is 19.1 Å². The molecule has 0 bridgehead atoms. The van der Waals surface area contributed by atoms with Gasteiger partial charge >= 0.3 is 0 Å². The van der Waals surface area contributed by atoms with Gasteiger partial charge in [-0.3, -0.25) is 9.89 Å². The van der Waals surface area contributed by atoms with Crippen molar-refractivity contribution < 1.29 is 18.9 Å². The summed E-state index contributed by atoms with van der Waals surface area (Å²) in [5, 5.41) is 6.64. The molecule has 1 fully saturated rings.